The third-order valence-electron chi connectivity index (χ3n) is 3.77. The Morgan fingerprint density at radius 1 is 1.00 bits per heavy atom. The van der Waals surface area contributed by atoms with Crippen LogP contribution in [-0.2, 0) is 6.18 Å². The number of rotatable bonds is 6. The fraction of sp³-hybridized carbons (Fsp3) is 0.263. The molecule has 0 aliphatic carbocycles. The number of nitrogens with one attached hydrogen (secondary N) is 2. The lowest BCUT2D eigenvalue weighted by molar-refractivity contribution is -0.137. The van der Waals surface area contributed by atoms with Crippen LogP contribution in [0.3, 0.4) is 0 Å². The molecule has 0 aromatic heterocycles. The predicted molar refractivity (Wildman–Crippen MR) is 98.1 cm³/mol. The van der Waals surface area contributed by atoms with Crippen molar-refractivity contribution in [3.63, 3.8) is 0 Å². The SMILES string of the molecule is CCCCNC(=O)c1ccc(C(=O)Nc2cc(C(F)(F)F)ccc2Cl)cc1. The van der Waals surface area contributed by atoms with Crippen LogP contribution in [0.15, 0.2) is 42.5 Å². The fourth-order valence-corrected chi connectivity index (χ4v) is 2.41. The van der Waals surface area contributed by atoms with Gasteiger partial charge in [-0.25, -0.2) is 0 Å². The van der Waals surface area contributed by atoms with Crippen LogP contribution in [0.4, 0.5) is 18.9 Å². The minimum absolute atomic E-state index is 0.0109. The number of carbonyl (C=O) groups is 2. The second-order valence-electron chi connectivity index (χ2n) is 5.83. The number of hydrogen-bond donors (Lipinski definition) is 2. The minimum atomic E-state index is -4.54. The highest BCUT2D eigenvalue weighted by atomic mass is 35.5. The van der Waals surface area contributed by atoms with E-state index in [1.54, 1.807) is 0 Å². The van der Waals surface area contributed by atoms with Crippen LogP contribution >= 0.6 is 11.6 Å². The van der Waals surface area contributed by atoms with Crippen LogP contribution in [0.2, 0.25) is 5.02 Å². The van der Waals surface area contributed by atoms with E-state index in [4.69, 9.17) is 11.6 Å². The Bertz CT molecular complexity index is 821. The molecule has 0 aliphatic rings. The van der Waals surface area contributed by atoms with Crippen LogP contribution in [0, 0.1) is 0 Å². The third kappa shape index (κ3) is 5.72. The second-order valence-corrected chi connectivity index (χ2v) is 6.24. The summed E-state index contributed by atoms with van der Waals surface area (Å²) >= 11 is 5.87. The molecule has 0 saturated carbocycles. The maximum absolute atomic E-state index is 12.8. The van der Waals surface area contributed by atoms with Gasteiger partial charge in [-0.05, 0) is 48.9 Å². The molecule has 27 heavy (non-hydrogen) atoms. The van der Waals surface area contributed by atoms with Crippen LogP contribution < -0.4 is 10.6 Å². The summed E-state index contributed by atoms with van der Waals surface area (Å²) in [6.45, 7) is 2.57. The summed E-state index contributed by atoms with van der Waals surface area (Å²) in [6, 6.07) is 8.48. The summed E-state index contributed by atoms with van der Waals surface area (Å²) < 4.78 is 38.4. The smallest absolute Gasteiger partial charge is 0.352 e. The van der Waals surface area contributed by atoms with Gasteiger partial charge in [0.05, 0.1) is 16.3 Å². The number of carbonyl (C=O) groups excluding carboxylic acids is 2. The highest BCUT2D eigenvalue weighted by molar-refractivity contribution is 6.34. The van der Waals surface area contributed by atoms with Gasteiger partial charge in [0.15, 0.2) is 0 Å². The predicted octanol–water partition coefficient (Wildman–Crippen LogP) is 5.14. The standard InChI is InChI=1S/C19H18ClF3N2O2/c1-2-3-10-24-17(26)12-4-6-13(7-5-12)18(27)25-16-11-14(19(21,22)23)8-9-15(16)20/h4-9,11H,2-3,10H2,1H3,(H,24,26)(H,25,27). The highest BCUT2D eigenvalue weighted by Gasteiger charge is 2.31. The molecule has 0 fully saturated rings. The van der Waals surface area contributed by atoms with Gasteiger partial charge < -0.3 is 10.6 Å². The third-order valence-corrected chi connectivity index (χ3v) is 4.10. The van der Waals surface area contributed by atoms with Gasteiger partial charge in [-0.2, -0.15) is 13.2 Å². The van der Waals surface area contributed by atoms with Gasteiger partial charge in [-0.15, -0.1) is 0 Å². The molecule has 2 aromatic rings. The van der Waals surface area contributed by atoms with E-state index in [1.807, 2.05) is 6.92 Å². The Morgan fingerprint density at radius 3 is 2.15 bits per heavy atom. The number of anilines is 1. The number of halogens is 4. The lowest BCUT2D eigenvalue weighted by Gasteiger charge is -2.12. The molecule has 2 rings (SSSR count). The van der Waals surface area contributed by atoms with E-state index in [0.717, 1.165) is 31.0 Å². The van der Waals surface area contributed by atoms with E-state index < -0.39 is 17.6 Å². The summed E-state index contributed by atoms with van der Waals surface area (Å²) in [6.07, 6.45) is -2.72. The van der Waals surface area contributed by atoms with Crippen LogP contribution in [0.5, 0.6) is 0 Å². The number of unbranched alkanes of at least 4 members (excludes halogenated alkanes) is 1. The summed E-state index contributed by atoms with van der Waals surface area (Å²) in [7, 11) is 0. The molecule has 0 heterocycles. The minimum Gasteiger partial charge on any atom is -0.352 e. The molecule has 0 bridgehead atoms. The van der Waals surface area contributed by atoms with Crippen molar-refractivity contribution >= 4 is 29.1 Å². The molecule has 2 aromatic carbocycles. The molecular formula is C19H18ClF3N2O2. The molecule has 0 atom stereocenters. The van der Waals surface area contributed by atoms with Gasteiger partial charge in [-0.1, -0.05) is 24.9 Å². The van der Waals surface area contributed by atoms with Crippen molar-refractivity contribution in [2.75, 3.05) is 11.9 Å². The van der Waals surface area contributed by atoms with E-state index in [2.05, 4.69) is 10.6 Å². The molecule has 2 amide bonds. The Labute approximate surface area is 159 Å². The number of amides is 2. The zero-order valence-corrected chi connectivity index (χ0v) is 15.2. The van der Waals surface area contributed by atoms with Gasteiger partial charge in [0.2, 0.25) is 0 Å². The molecule has 8 heteroatoms. The van der Waals surface area contributed by atoms with Crippen molar-refractivity contribution in [1.29, 1.82) is 0 Å². The average molecular weight is 399 g/mol. The first-order valence-corrected chi connectivity index (χ1v) is 8.66. The fourth-order valence-electron chi connectivity index (χ4n) is 2.25. The first kappa shape index (κ1) is 20.8. The zero-order valence-electron chi connectivity index (χ0n) is 14.5. The monoisotopic (exact) mass is 398 g/mol. The summed E-state index contributed by atoms with van der Waals surface area (Å²) in [4.78, 5) is 24.2. The van der Waals surface area contributed by atoms with Crippen molar-refractivity contribution in [3.05, 3.63) is 64.2 Å². The zero-order chi connectivity index (χ0) is 20.0. The molecule has 0 spiro atoms. The Hall–Kier alpha value is -2.54. The van der Waals surface area contributed by atoms with Gasteiger partial charge in [0.1, 0.15) is 0 Å². The van der Waals surface area contributed by atoms with E-state index in [9.17, 15) is 22.8 Å². The molecular weight excluding hydrogens is 381 g/mol. The lowest BCUT2D eigenvalue weighted by Crippen LogP contribution is -2.24. The maximum Gasteiger partial charge on any atom is 0.416 e. The summed E-state index contributed by atoms with van der Waals surface area (Å²) in [5.41, 5.74) is -0.479. The second kappa shape index (κ2) is 8.90. The summed E-state index contributed by atoms with van der Waals surface area (Å²) in [5.74, 6) is -0.884. The van der Waals surface area contributed by atoms with Crippen LogP contribution in [0.25, 0.3) is 0 Å². The number of hydrogen-bond acceptors (Lipinski definition) is 2. The maximum atomic E-state index is 12.8. The topological polar surface area (TPSA) is 58.2 Å². The van der Waals surface area contributed by atoms with E-state index in [1.165, 1.54) is 24.3 Å². The lowest BCUT2D eigenvalue weighted by atomic mass is 10.1. The van der Waals surface area contributed by atoms with Gasteiger partial charge in [-0.3, -0.25) is 9.59 Å². The quantitative estimate of drug-likeness (QED) is 0.662. The number of benzene rings is 2. The average Bonchev–Trinajstić information content (AvgIpc) is 2.62. The van der Waals surface area contributed by atoms with Crippen molar-refractivity contribution in [1.82, 2.24) is 5.32 Å². The molecule has 0 unspecified atom stereocenters. The van der Waals surface area contributed by atoms with Crippen molar-refractivity contribution in [2.24, 2.45) is 0 Å². The largest absolute Gasteiger partial charge is 0.416 e. The van der Waals surface area contributed by atoms with Gasteiger partial charge >= 0.3 is 6.18 Å². The molecule has 0 saturated heterocycles. The van der Waals surface area contributed by atoms with E-state index in [0.29, 0.717) is 12.1 Å². The van der Waals surface area contributed by atoms with Crippen LogP contribution in [0.1, 0.15) is 46.0 Å². The van der Waals surface area contributed by atoms with E-state index >= 15 is 0 Å². The Morgan fingerprint density at radius 2 is 1.59 bits per heavy atom. The molecule has 0 aliphatic heterocycles. The molecule has 144 valence electrons. The molecule has 0 radical (unpaired) electrons. The first-order chi connectivity index (χ1) is 12.7. The van der Waals surface area contributed by atoms with Crippen molar-refractivity contribution in [2.45, 2.75) is 25.9 Å². The van der Waals surface area contributed by atoms with Gasteiger partial charge in [0, 0.05) is 17.7 Å². The molecule has 2 N–H and O–H groups in total. The normalized spacial score (nSPS) is 11.1. The molecule has 4 nitrogen and oxygen atoms in total. The first-order valence-electron chi connectivity index (χ1n) is 8.28. The van der Waals surface area contributed by atoms with E-state index in [-0.39, 0.29) is 22.2 Å². The number of alkyl halides is 3. The highest BCUT2D eigenvalue weighted by Crippen LogP contribution is 2.33. The van der Waals surface area contributed by atoms with Gasteiger partial charge in [0.25, 0.3) is 11.8 Å². The van der Waals surface area contributed by atoms with Crippen LogP contribution in [-0.4, -0.2) is 18.4 Å². The Balaban J connectivity index is 2.09. The van der Waals surface area contributed by atoms with Crippen molar-refractivity contribution in [3.8, 4) is 0 Å². The van der Waals surface area contributed by atoms with Crippen molar-refractivity contribution < 1.29 is 22.8 Å². The summed E-state index contributed by atoms with van der Waals surface area (Å²) in [5, 5.41) is 5.10. The Kier molecular flexibility index (Phi) is 6.85.